The summed E-state index contributed by atoms with van der Waals surface area (Å²) in [4.78, 5) is 30.0. The number of hydrogen-bond acceptors (Lipinski definition) is 5. The van der Waals surface area contributed by atoms with Crippen molar-refractivity contribution >= 4 is 34.7 Å². The molecular weight excluding hydrogens is 440 g/mol. The van der Waals surface area contributed by atoms with Gasteiger partial charge in [0.2, 0.25) is 0 Å². The molecule has 0 radical (unpaired) electrons. The topological polar surface area (TPSA) is 70.1 Å². The first-order valence-corrected chi connectivity index (χ1v) is 11.8. The zero-order valence-electron chi connectivity index (χ0n) is 19.0. The van der Waals surface area contributed by atoms with Gasteiger partial charge < -0.3 is 19.6 Å². The number of benzene rings is 2. The Labute approximate surface area is 199 Å². The Hall–Kier alpha value is -2.83. The number of ketones is 1. The van der Waals surface area contributed by atoms with Crippen molar-refractivity contribution in [2.24, 2.45) is 0 Å². The van der Waals surface area contributed by atoms with E-state index in [4.69, 9.17) is 16.3 Å². The molecule has 1 amide bonds. The molecule has 2 atom stereocenters. The summed E-state index contributed by atoms with van der Waals surface area (Å²) < 4.78 is 5.75. The molecule has 6 nitrogen and oxygen atoms in total. The second kappa shape index (κ2) is 9.98. The lowest BCUT2D eigenvalue weighted by Gasteiger charge is -2.28. The van der Waals surface area contributed by atoms with E-state index in [2.05, 4.69) is 18.7 Å². The van der Waals surface area contributed by atoms with Crippen molar-refractivity contribution < 1.29 is 19.4 Å². The minimum atomic E-state index is -0.695. The third-order valence-electron chi connectivity index (χ3n) is 6.40. The predicted molar refractivity (Wildman–Crippen MR) is 129 cm³/mol. The third-order valence-corrected chi connectivity index (χ3v) is 6.63. The summed E-state index contributed by atoms with van der Waals surface area (Å²) in [5.41, 5.74) is 2.32. The molecule has 2 aliphatic heterocycles. The monoisotopic (exact) mass is 468 g/mol. The first kappa shape index (κ1) is 23.3. The summed E-state index contributed by atoms with van der Waals surface area (Å²) in [6.07, 6.45) is 1.65. The van der Waals surface area contributed by atoms with Gasteiger partial charge in [-0.1, -0.05) is 35.9 Å². The summed E-state index contributed by atoms with van der Waals surface area (Å²) in [7, 11) is 0. The van der Waals surface area contributed by atoms with Crippen molar-refractivity contribution in [1.82, 2.24) is 4.90 Å². The first-order chi connectivity index (χ1) is 15.9. The molecule has 7 heteroatoms. The molecule has 0 spiro atoms. The van der Waals surface area contributed by atoms with Crippen LogP contribution in [0.15, 0.2) is 54.1 Å². The highest BCUT2D eigenvalue weighted by molar-refractivity contribution is 6.46. The Balaban J connectivity index is 1.79. The molecule has 1 N–H and O–H groups in total. The number of anilines is 1. The van der Waals surface area contributed by atoms with Crippen molar-refractivity contribution in [2.45, 2.75) is 38.8 Å². The lowest BCUT2D eigenvalue weighted by Crippen LogP contribution is -2.36. The normalized spacial score (nSPS) is 22.2. The number of rotatable bonds is 7. The number of hydrogen-bond donors (Lipinski definition) is 1. The molecule has 2 aliphatic rings. The quantitative estimate of drug-likeness (QED) is 0.359. The van der Waals surface area contributed by atoms with Gasteiger partial charge in [-0.3, -0.25) is 9.59 Å². The van der Waals surface area contributed by atoms with Crippen LogP contribution in [-0.2, 0) is 14.3 Å². The molecule has 4 rings (SSSR count). The number of likely N-dealkylation sites (tertiary alicyclic amines) is 1. The van der Waals surface area contributed by atoms with E-state index in [1.807, 2.05) is 24.3 Å². The van der Waals surface area contributed by atoms with Crippen LogP contribution in [-0.4, -0.2) is 54.0 Å². The highest BCUT2D eigenvalue weighted by Gasteiger charge is 2.47. The Kier molecular flexibility index (Phi) is 7.05. The van der Waals surface area contributed by atoms with E-state index in [9.17, 15) is 14.7 Å². The van der Waals surface area contributed by atoms with Crippen LogP contribution >= 0.6 is 11.6 Å². The molecule has 33 heavy (non-hydrogen) atoms. The Morgan fingerprint density at radius 1 is 1.15 bits per heavy atom. The van der Waals surface area contributed by atoms with E-state index in [0.29, 0.717) is 23.7 Å². The smallest absolute Gasteiger partial charge is 0.295 e. The third kappa shape index (κ3) is 4.63. The van der Waals surface area contributed by atoms with Crippen molar-refractivity contribution in [1.29, 1.82) is 0 Å². The summed E-state index contributed by atoms with van der Waals surface area (Å²) >= 11 is 6.11. The number of halogens is 1. The van der Waals surface area contributed by atoms with Crippen LogP contribution in [0.5, 0.6) is 0 Å². The first-order valence-electron chi connectivity index (χ1n) is 11.5. The summed E-state index contributed by atoms with van der Waals surface area (Å²) in [5, 5.41) is 11.6. The van der Waals surface area contributed by atoms with Crippen molar-refractivity contribution in [3.05, 3.63) is 70.3 Å². The lowest BCUT2D eigenvalue weighted by atomic mass is 9.95. The fourth-order valence-corrected chi connectivity index (χ4v) is 4.86. The Bertz CT molecular complexity index is 1060. The van der Waals surface area contributed by atoms with E-state index in [-0.39, 0.29) is 17.4 Å². The average molecular weight is 469 g/mol. The standard InChI is InChI=1S/C26H29ClN2O4/c1-3-28(4-2)20-12-10-17(11-13-20)23-22(24(30)18-7-5-8-19(27)15-18)25(31)26(32)29(23)16-21-9-6-14-33-21/h5,7-8,10-13,15,21,23,30H,3-4,6,9,14,16H2,1-2H3/b24-22-. The van der Waals surface area contributed by atoms with Gasteiger partial charge >= 0.3 is 0 Å². The molecule has 174 valence electrons. The average Bonchev–Trinajstić information content (AvgIpc) is 3.42. The van der Waals surface area contributed by atoms with E-state index in [1.54, 1.807) is 29.2 Å². The molecule has 2 aromatic carbocycles. The van der Waals surface area contributed by atoms with Crippen LogP contribution in [0.3, 0.4) is 0 Å². The van der Waals surface area contributed by atoms with Gasteiger partial charge in [-0.25, -0.2) is 0 Å². The molecular formula is C26H29ClN2O4. The zero-order chi connectivity index (χ0) is 23.5. The van der Waals surface area contributed by atoms with E-state index in [0.717, 1.165) is 37.2 Å². The molecule has 2 heterocycles. The van der Waals surface area contributed by atoms with Gasteiger partial charge in [0.1, 0.15) is 5.76 Å². The summed E-state index contributed by atoms with van der Waals surface area (Å²) in [6.45, 7) is 6.90. The maximum absolute atomic E-state index is 13.1. The zero-order valence-corrected chi connectivity index (χ0v) is 19.7. The van der Waals surface area contributed by atoms with E-state index in [1.165, 1.54) is 0 Å². The number of nitrogens with zero attached hydrogens (tertiary/aromatic N) is 2. The van der Waals surface area contributed by atoms with Gasteiger partial charge in [-0.2, -0.15) is 0 Å². The number of carbonyl (C=O) groups is 2. The van der Waals surface area contributed by atoms with Crippen LogP contribution in [0, 0.1) is 0 Å². The number of aliphatic hydroxyl groups is 1. The highest BCUT2D eigenvalue weighted by Crippen LogP contribution is 2.40. The fraction of sp³-hybridized carbons (Fsp3) is 0.385. The molecule has 2 aromatic rings. The van der Waals surface area contributed by atoms with Crippen LogP contribution in [0.1, 0.15) is 43.9 Å². The number of ether oxygens (including phenoxy) is 1. The molecule has 2 unspecified atom stereocenters. The number of aliphatic hydroxyl groups excluding tert-OH is 1. The molecule has 0 bridgehead atoms. The van der Waals surface area contributed by atoms with Gasteiger partial charge in [0.25, 0.3) is 11.7 Å². The summed E-state index contributed by atoms with van der Waals surface area (Å²) in [5.74, 6) is -1.53. The molecule has 2 fully saturated rings. The van der Waals surface area contributed by atoms with Crippen molar-refractivity contribution in [3.63, 3.8) is 0 Å². The maximum Gasteiger partial charge on any atom is 0.295 e. The van der Waals surface area contributed by atoms with Gasteiger partial charge in [0.05, 0.1) is 17.7 Å². The van der Waals surface area contributed by atoms with Crippen molar-refractivity contribution in [2.75, 3.05) is 31.1 Å². The maximum atomic E-state index is 13.1. The van der Waals surface area contributed by atoms with E-state index >= 15 is 0 Å². The van der Waals surface area contributed by atoms with Crippen LogP contribution in [0.4, 0.5) is 5.69 Å². The lowest BCUT2D eigenvalue weighted by molar-refractivity contribution is -0.140. The predicted octanol–water partition coefficient (Wildman–Crippen LogP) is 4.79. The molecule has 0 aliphatic carbocycles. The largest absolute Gasteiger partial charge is 0.507 e. The second-order valence-electron chi connectivity index (χ2n) is 8.36. The minimum Gasteiger partial charge on any atom is -0.507 e. The Morgan fingerprint density at radius 3 is 2.48 bits per heavy atom. The number of Topliss-reactive ketones (excluding diaryl/α,β-unsaturated/α-hetero) is 1. The molecule has 0 saturated carbocycles. The van der Waals surface area contributed by atoms with Gasteiger partial charge in [-0.15, -0.1) is 0 Å². The molecule has 2 saturated heterocycles. The van der Waals surface area contributed by atoms with Crippen molar-refractivity contribution in [3.8, 4) is 0 Å². The van der Waals surface area contributed by atoms with E-state index < -0.39 is 17.7 Å². The number of amides is 1. The van der Waals surface area contributed by atoms with Crippen LogP contribution in [0.25, 0.3) is 5.76 Å². The fourth-order valence-electron chi connectivity index (χ4n) is 4.67. The SMILES string of the molecule is CCN(CC)c1ccc(C2/C(=C(/O)c3cccc(Cl)c3)C(=O)C(=O)N2CC2CCCO2)cc1. The van der Waals surface area contributed by atoms with Crippen LogP contribution in [0.2, 0.25) is 5.02 Å². The highest BCUT2D eigenvalue weighted by atomic mass is 35.5. The minimum absolute atomic E-state index is 0.0795. The van der Waals surface area contributed by atoms with Crippen LogP contribution < -0.4 is 4.90 Å². The van der Waals surface area contributed by atoms with Gasteiger partial charge in [0.15, 0.2) is 0 Å². The Morgan fingerprint density at radius 2 is 1.88 bits per heavy atom. The molecule has 0 aromatic heterocycles. The second-order valence-corrected chi connectivity index (χ2v) is 8.80. The summed E-state index contributed by atoms with van der Waals surface area (Å²) in [6, 6.07) is 13.8. The number of carbonyl (C=O) groups excluding carboxylic acids is 2. The van der Waals surface area contributed by atoms with Gasteiger partial charge in [-0.05, 0) is 56.5 Å². The van der Waals surface area contributed by atoms with Gasteiger partial charge in [0, 0.05) is 42.5 Å².